The Morgan fingerprint density at radius 3 is 2.60 bits per heavy atom. The van der Waals surface area contributed by atoms with Crippen LogP contribution in [-0.2, 0) is 0 Å². The number of carboxylic acid groups (broad SMARTS) is 1. The first-order chi connectivity index (χ1) is 4.63. The van der Waals surface area contributed by atoms with Crippen molar-refractivity contribution in [2.45, 2.75) is 0 Å². The van der Waals surface area contributed by atoms with Gasteiger partial charge in [0.2, 0.25) is 0 Å². The minimum atomic E-state index is -1.24. The minimum absolute atomic E-state index is 0.227. The van der Waals surface area contributed by atoms with E-state index in [0.717, 1.165) is 11.3 Å². The molecule has 0 atom stereocenters. The van der Waals surface area contributed by atoms with Gasteiger partial charge in [0.1, 0.15) is 9.35 Å². The highest BCUT2D eigenvalue weighted by atomic mass is 79.9. The van der Waals surface area contributed by atoms with Gasteiger partial charge in [0, 0.05) is 5.38 Å². The summed E-state index contributed by atoms with van der Waals surface area (Å²) in [6.45, 7) is 0. The second-order valence-corrected chi connectivity index (χ2v) is 3.74. The molecule has 54 valence electrons. The van der Waals surface area contributed by atoms with Crippen molar-refractivity contribution in [1.82, 2.24) is 0 Å². The Hall–Kier alpha value is -0.420. The molecule has 0 saturated carbocycles. The standard InChI is InChI=1S/C5H2BrFO2S/c6-4-3(7)2(1-10-4)5(8)9/h1H,(H,8,9). The molecule has 0 aromatic carbocycles. The molecule has 1 aromatic heterocycles. The lowest BCUT2D eigenvalue weighted by Gasteiger charge is -1.85. The topological polar surface area (TPSA) is 37.3 Å². The lowest BCUT2D eigenvalue weighted by molar-refractivity contribution is 0.0692. The van der Waals surface area contributed by atoms with Gasteiger partial charge in [-0.1, -0.05) is 0 Å². The van der Waals surface area contributed by atoms with Gasteiger partial charge in [-0.2, -0.15) is 0 Å². The van der Waals surface area contributed by atoms with Crippen LogP contribution in [0.4, 0.5) is 4.39 Å². The highest BCUT2D eigenvalue weighted by molar-refractivity contribution is 9.11. The normalized spacial score (nSPS) is 9.80. The van der Waals surface area contributed by atoms with E-state index in [1.54, 1.807) is 0 Å². The van der Waals surface area contributed by atoms with Gasteiger partial charge >= 0.3 is 5.97 Å². The quantitative estimate of drug-likeness (QED) is 0.796. The molecule has 0 aliphatic rings. The van der Waals surface area contributed by atoms with E-state index in [0.29, 0.717) is 0 Å². The van der Waals surface area contributed by atoms with E-state index in [1.165, 1.54) is 5.38 Å². The summed E-state index contributed by atoms with van der Waals surface area (Å²) < 4.78 is 12.8. The van der Waals surface area contributed by atoms with Crippen molar-refractivity contribution in [3.63, 3.8) is 0 Å². The molecule has 0 aliphatic carbocycles. The van der Waals surface area contributed by atoms with Gasteiger partial charge in [-0.15, -0.1) is 11.3 Å². The lowest BCUT2D eigenvalue weighted by atomic mass is 10.3. The summed E-state index contributed by atoms with van der Waals surface area (Å²) in [4.78, 5) is 10.2. The molecule has 0 radical (unpaired) electrons. The molecule has 0 unspecified atom stereocenters. The van der Waals surface area contributed by atoms with E-state index in [4.69, 9.17) is 5.11 Å². The summed E-state index contributed by atoms with van der Waals surface area (Å²) in [5, 5.41) is 9.58. The van der Waals surface area contributed by atoms with Crippen molar-refractivity contribution in [2.24, 2.45) is 0 Å². The van der Waals surface area contributed by atoms with Crippen LogP contribution < -0.4 is 0 Å². The van der Waals surface area contributed by atoms with Crippen molar-refractivity contribution in [1.29, 1.82) is 0 Å². The fourth-order valence-electron chi connectivity index (χ4n) is 0.464. The third-order valence-electron chi connectivity index (χ3n) is 0.920. The first-order valence-electron chi connectivity index (χ1n) is 2.28. The van der Waals surface area contributed by atoms with Crippen LogP contribution >= 0.6 is 27.3 Å². The number of carbonyl (C=O) groups is 1. The molecule has 0 fully saturated rings. The zero-order valence-electron chi connectivity index (χ0n) is 4.60. The molecular weight excluding hydrogens is 223 g/mol. The van der Waals surface area contributed by atoms with E-state index in [1.807, 2.05) is 0 Å². The third-order valence-corrected chi connectivity index (χ3v) is 2.57. The SMILES string of the molecule is O=C(O)c1csc(Br)c1F. The van der Waals surface area contributed by atoms with Crippen molar-refractivity contribution >= 4 is 33.2 Å². The van der Waals surface area contributed by atoms with Gasteiger partial charge in [0.25, 0.3) is 0 Å². The molecule has 0 saturated heterocycles. The summed E-state index contributed by atoms with van der Waals surface area (Å²) in [6, 6.07) is 0. The van der Waals surface area contributed by atoms with Crippen molar-refractivity contribution in [2.75, 3.05) is 0 Å². The maximum Gasteiger partial charge on any atom is 0.339 e. The summed E-state index contributed by atoms with van der Waals surface area (Å²) in [7, 11) is 0. The number of carboxylic acids is 1. The van der Waals surface area contributed by atoms with Crippen LogP contribution in [0.15, 0.2) is 9.17 Å². The Balaban J connectivity index is 3.17. The number of hydrogen-bond acceptors (Lipinski definition) is 2. The summed E-state index contributed by atoms with van der Waals surface area (Å²) in [6.07, 6.45) is 0. The zero-order valence-corrected chi connectivity index (χ0v) is 7.00. The Bertz CT molecular complexity index is 271. The number of thiophene rings is 1. The van der Waals surface area contributed by atoms with E-state index >= 15 is 0 Å². The Kier molecular flexibility index (Phi) is 2.05. The first-order valence-corrected chi connectivity index (χ1v) is 3.96. The van der Waals surface area contributed by atoms with E-state index in [2.05, 4.69) is 15.9 Å². The van der Waals surface area contributed by atoms with Crippen LogP contribution in [0.5, 0.6) is 0 Å². The van der Waals surface area contributed by atoms with Gasteiger partial charge in [-0.3, -0.25) is 0 Å². The van der Waals surface area contributed by atoms with Crippen LogP contribution in [0.1, 0.15) is 10.4 Å². The molecule has 0 aliphatic heterocycles. The highest BCUT2D eigenvalue weighted by Gasteiger charge is 2.14. The van der Waals surface area contributed by atoms with Crippen LogP contribution in [0.3, 0.4) is 0 Å². The summed E-state index contributed by atoms with van der Waals surface area (Å²) in [5.41, 5.74) is -0.281. The average molecular weight is 225 g/mol. The molecule has 0 bridgehead atoms. The molecule has 1 aromatic rings. The van der Waals surface area contributed by atoms with Crippen LogP contribution in [-0.4, -0.2) is 11.1 Å². The third kappa shape index (κ3) is 1.19. The van der Waals surface area contributed by atoms with Crippen LogP contribution in [0.2, 0.25) is 0 Å². The maximum absolute atomic E-state index is 12.6. The number of rotatable bonds is 1. The molecule has 5 heteroatoms. The van der Waals surface area contributed by atoms with E-state index < -0.39 is 11.8 Å². The van der Waals surface area contributed by atoms with E-state index in [9.17, 15) is 9.18 Å². The van der Waals surface area contributed by atoms with Gasteiger partial charge in [-0.25, -0.2) is 9.18 Å². The fourth-order valence-corrected chi connectivity index (χ4v) is 1.60. The largest absolute Gasteiger partial charge is 0.478 e. The van der Waals surface area contributed by atoms with E-state index in [-0.39, 0.29) is 9.35 Å². The molecule has 1 rings (SSSR count). The summed E-state index contributed by atoms with van der Waals surface area (Å²) >= 11 is 3.88. The first kappa shape index (κ1) is 7.68. The average Bonchev–Trinajstić information content (AvgIpc) is 2.14. The molecule has 10 heavy (non-hydrogen) atoms. The summed E-state index contributed by atoms with van der Waals surface area (Å²) in [5.74, 6) is -1.93. The maximum atomic E-state index is 12.6. The predicted molar refractivity (Wildman–Crippen MR) is 38.9 cm³/mol. The molecule has 2 nitrogen and oxygen atoms in total. The molecule has 0 amide bonds. The van der Waals surface area contributed by atoms with Crippen LogP contribution in [0, 0.1) is 5.82 Å². The number of halogens is 2. The van der Waals surface area contributed by atoms with Crippen molar-refractivity contribution in [3.05, 3.63) is 20.5 Å². The van der Waals surface area contributed by atoms with Gasteiger partial charge in [0.15, 0.2) is 5.82 Å². The Morgan fingerprint density at radius 1 is 1.80 bits per heavy atom. The molecule has 0 spiro atoms. The fraction of sp³-hybridized carbons (Fsp3) is 0. The molecular formula is C5H2BrFO2S. The second kappa shape index (κ2) is 2.67. The van der Waals surface area contributed by atoms with Gasteiger partial charge < -0.3 is 5.11 Å². The minimum Gasteiger partial charge on any atom is -0.478 e. The molecule has 1 heterocycles. The lowest BCUT2D eigenvalue weighted by Crippen LogP contribution is -1.95. The number of hydrogen-bond donors (Lipinski definition) is 1. The smallest absolute Gasteiger partial charge is 0.339 e. The van der Waals surface area contributed by atoms with Crippen LogP contribution in [0.25, 0.3) is 0 Å². The Morgan fingerprint density at radius 2 is 2.40 bits per heavy atom. The van der Waals surface area contributed by atoms with Gasteiger partial charge in [-0.05, 0) is 15.9 Å². The monoisotopic (exact) mass is 224 g/mol. The Labute approximate surface area is 68.4 Å². The highest BCUT2D eigenvalue weighted by Crippen LogP contribution is 2.25. The predicted octanol–water partition coefficient (Wildman–Crippen LogP) is 2.35. The molecule has 1 N–H and O–H groups in total. The van der Waals surface area contributed by atoms with Crippen molar-refractivity contribution < 1.29 is 14.3 Å². The second-order valence-electron chi connectivity index (χ2n) is 1.54. The van der Waals surface area contributed by atoms with Gasteiger partial charge in [0.05, 0.1) is 0 Å². The van der Waals surface area contributed by atoms with Crippen molar-refractivity contribution in [3.8, 4) is 0 Å². The zero-order chi connectivity index (χ0) is 7.72. The number of aromatic carboxylic acids is 1.